The van der Waals surface area contributed by atoms with Crippen LogP contribution in [0.25, 0.3) is 0 Å². The Morgan fingerprint density at radius 3 is 2.61 bits per heavy atom. The van der Waals surface area contributed by atoms with Crippen molar-refractivity contribution in [2.75, 3.05) is 18.0 Å². The van der Waals surface area contributed by atoms with E-state index in [-0.39, 0.29) is 19.4 Å². The van der Waals surface area contributed by atoms with Gasteiger partial charge in [0.25, 0.3) is 5.92 Å². The van der Waals surface area contributed by atoms with Gasteiger partial charge in [0.1, 0.15) is 5.82 Å². The van der Waals surface area contributed by atoms with Gasteiger partial charge in [0, 0.05) is 19.2 Å². The lowest BCUT2D eigenvalue weighted by atomic mass is 10.1. The van der Waals surface area contributed by atoms with Crippen LogP contribution in [-0.2, 0) is 6.18 Å². The lowest BCUT2D eigenvalue weighted by Crippen LogP contribution is -2.43. The van der Waals surface area contributed by atoms with E-state index in [4.69, 9.17) is 0 Å². The molecule has 0 saturated carbocycles. The molecule has 0 aliphatic carbocycles. The molecule has 1 aromatic heterocycles. The fourth-order valence-corrected chi connectivity index (χ4v) is 2.02. The van der Waals surface area contributed by atoms with Crippen molar-refractivity contribution in [3.05, 3.63) is 23.9 Å². The number of pyridine rings is 1. The predicted octanol–water partition coefficient (Wildman–Crippen LogP) is 3.34. The summed E-state index contributed by atoms with van der Waals surface area (Å²) >= 11 is 0. The van der Waals surface area contributed by atoms with Crippen molar-refractivity contribution in [3.63, 3.8) is 0 Å². The Balaban J connectivity index is 2.33. The Morgan fingerprint density at radius 1 is 1.28 bits per heavy atom. The largest absolute Gasteiger partial charge is 0.419 e. The summed E-state index contributed by atoms with van der Waals surface area (Å²) in [5, 5.41) is 0. The zero-order chi connectivity index (χ0) is 13.4. The lowest BCUT2D eigenvalue weighted by Gasteiger charge is -2.34. The number of anilines is 1. The first-order valence-corrected chi connectivity index (χ1v) is 5.45. The molecule has 100 valence electrons. The summed E-state index contributed by atoms with van der Waals surface area (Å²) in [6.45, 7) is -0.553. The molecule has 2 heterocycles. The van der Waals surface area contributed by atoms with Crippen molar-refractivity contribution in [1.29, 1.82) is 0 Å². The van der Waals surface area contributed by atoms with Gasteiger partial charge in [0.15, 0.2) is 0 Å². The zero-order valence-corrected chi connectivity index (χ0v) is 9.34. The molecule has 0 aromatic carbocycles. The molecular weight excluding hydrogens is 255 g/mol. The third-order valence-corrected chi connectivity index (χ3v) is 2.78. The van der Waals surface area contributed by atoms with E-state index in [1.54, 1.807) is 0 Å². The first kappa shape index (κ1) is 13.0. The highest BCUT2D eigenvalue weighted by Gasteiger charge is 2.40. The van der Waals surface area contributed by atoms with Crippen LogP contribution in [0.1, 0.15) is 18.4 Å². The highest BCUT2D eigenvalue weighted by Crippen LogP contribution is 2.37. The number of hydrogen-bond donors (Lipinski definition) is 0. The summed E-state index contributed by atoms with van der Waals surface area (Å²) in [7, 11) is 0. The third kappa shape index (κ3) is 2.70. The van der Waals surface area contributed by atoms with E-state index < -0.39 is 30.0 Å². The Morgan fingerprint density at radius 2 is 2.00 bits per heavy atom. The number of rotatable bonds is 1. The molecule has 1 fully saturated rings. The average Bonchev–Trinajstić information content (AvgIpc) is 2.26. The van der Waals surface area contributed by atoms with Crippen LogP contribution < -0.4 is 4.90 Å². The van der Waals surface area contributed by atoms with Gasteiger partial charge in [-0.2, -0.15) is 13.2 Å². The monoisotopic (exact) mass is 266 g/mol. The molecule has 18 heavy (non-hydrogen) atoms. The van der Waals surface area contributed by atoms with Crippen LogP contribution in [0.5, 0.6) is 0 Å². The molecule has 1 aromatic rings. The van der Waals surface area contributed by atoms with E-state index in [0.29, 0.717) is 0 Å². The zero-order valence-electron chi connectivity index (χ0n) is 9.34. The molecular formula is C11H11F5N2. The second kappa shape index (κ2) is 4.37. The third-order valence-electron chi connectivity index (χ3n) is 2.78. The topological polar surface area (TPSA) is 16.1 Å². The minimum absolute atomic E-state index is 0.154. The first-order valence-electron chi connectivity index (χ1n) is 5.45. The van der Waals surface area contributed by atoms with Gasteiger partial charge in [-0.15, -0.1) is 0 Å². The average molecular weight is 266 g/mol. The smallest absolute Gasteiger partial charge is 0.350 e. The Bertz CT molecular complexity index is 430. The molecule has 2 nitrogen and oxygen atoms in total. The molecule has 0 unspecified atom stereocenters. The Hall–Kier alpha value is -1.40. The van der Waals surface area contributed by atoms with E-state index in [2.05, 4.69) is 4.98 Å². The SMILES string of the molecule is FC1(F)CCCN(c2ncccc2C(F)(F)F)C1. The van der Waals surface area contributed by atoms with Crippen LogP contribution in [0.3, 0.4) is 0 Å². The summed E-state index contributed by atoms with van der Waals surface area (Å²) in [5.74, 6) is -3.37. The summed E-state index contributed by atoms with van der Waals surface area (Å²) in [6.07, 6.45) is -3.55. The van der Waals surface area contributed by atoms with Crippen molar-refractivity contribution in [1.82, 2.24) is 4.98 Å². The molecule has 0 atom stereocenters. The number of halogens is 5. The van der Waals surface area contributed by atoms with E-state index in [9.17, 15) is 22.0 Å². The highest BCUT2D eigenvalue weighted by molar-refractivity contribution is 5.49. The van der Waals surface area contributed by atoms with Crippen LogP contribution in [-0.4, -0.2) is 24.0 Å². The molecule has 0 radical (unpaired) electrons. The predicted molar refractivity (Wildman–Crippen MR) is 55.6 cm³/mol. The van der Waals surface area contributed by atoms with Gasteiger partial charge < -0.3 is 4.90 Å². The number of nitrogens with zero attached hydrogens (tertiary/aromatic N) is 2. The standard InChI is InChI=1S/C11H11F5N2/c12-10(13)4-2-6-18(7-10)9-8(11(14,15)16)3-1-5-17-9/h1,3,5H,2,4,6-7H2. The number of alkyl halides is 5. The summed E-state index contributed by atoms with van der Waals surface area (Å²) in [5.41, 5.74) is -0.970. The van der Waals surface area contributed by atoms with Gasteiger partial charge in [0.2, 0.25) is 0 Å². The fraction of sp³-hybridized carbons (Fsp3) is 0.545. The van der Waals surface area contributed by atoms with E-state index in [1.807, 2.05) is 0 Å². The molecule has 0 bridgehead atoms. The van der Waals surface area contributed by atoms with E-state index in [0.717, 1.165) is 17.0 Å². The van der Waals surface area contributed by atoms with Crippen molar-refractivity contribution in [2.24, 2.45) is 0 Å². The second-order valence-corrected chi connectivity index (χ2v) is 4.25. The summed E-state index contributed by atoms with van der Waals surface area (Å²) in [4.78, 5) is 4.61. The number of aromatic nitrogens is 1. The van der Waals surface area contributed by atoms with Gasteiger partial charge in [0.05, 0.1) is 12.1 Å². The maximum atomic E-state index is 13.2. The second-order valence-electron chi connectivity index (χ2n) is 4.25. The van der Waals surface area contributed by atoms with Crippen LogP contribution >= 0.6 is 0 Å². The van der Waals surface area contributed by atoms with Gasteiger partial charge in [-0.25, -0.2) is 13.8 Å². The molecule has 1 saturated heterocycles. The van der Waals surface area contributed by atoms with Crippen LogP contribution in [0, 0.1) is 0 Å². The molecule has 0 spiro atoms. The fourth-order valence-electron chi connectivity index (χ4n) is 2.02. The lowest BCUT2D eigenvalue weighted by molar-refractivity contribution is -0.137. The summed E-state index contributed by atoms with van der Waals surface area (Å²) in [6, 6.07) is 2.00. The quantitative estimate of drug-likeness (QED) is 0.725. The minimum atomic E-state index is -4.59. The molecule has 1 aliphatic rings. The maximum Gasteiger partial charge on any atom is 0.419 e. The van der Waals surface area contributed by atoms with Gasteiger partial charge >= 0.3 is 6.18 Å². The van der Waals surface area contributed by atoms with Gasteiger partial charge in [-0.05, 0) is 18.6 Å². The van der Waals surface area contributed by atoms with E-state index >= 15 is 0 Å². The van der Waals surface area contributed by atoms with Crippen LogP contribution in [0.15, 0.2) is 18.3 Å². The molecule has 0 N–H and O–H groups in total. The molecule has 1 aliphatic heterocycles. The van der Waals surface area contributed by atoms with Crippen molar-refractivity contribution >= 4 is 5.82 Å². The normalized spacial score (nSPS) is 19.9. The maximum absolute atomic E-state index is 13.2. The van der Waals surface area contributed by atoms with Crippen molar-refractivity contribution in [2.45, 2.75) is 24.9 Å². The molecule has 0 amide bonds. The van der Waals surface area contributed by atoms with Gasteiger partial charge in [-0.3, -0.25) is 0 Å². The van der Waals surface area contributed by atoms with Crippen molar-refractivity contribution in [3.8, 4) is 0 Å². The minimum Gasteiger partial charge on any atom is -0.350 e. The molecule has 2 rings (SSSR count). The van der Waals surface area contributed by atoms with Crippen molar-refractivity contribution < 1.29 is 22.0 Å². The first-order chi connectivity index (χ1) is 8.30. The van der Waals surface area contributed by atoms with Crippen LogP contribution in [0.4, 0.5) is 27.8 Å². The van der Waals surface area contributed by atoms with E-state index in [1.165, 1.54) is 6.20 Å². The Labute approximate surface area is 100 Å². The number of piperidine rings is 1. The Kier molecular flexibility index (Phi) is 3.16. The highest BCUT2D eigenvalue weighted by atomic mass is 19.4. The molecule has 7 heteroatoms. The number of hydrogen-bond acceptors (Lipinski definition) is 2. The van der Waals surface area contributed by atoms with Gasteiger partial charge in [-0.1, -0.05) is 0 Å². The summed E-state index contributed by atoms with van der Waals surface area (Å²) < 4.78 is 64.7. The van der Waals surface area contributed by atoms with Crippen LogP contribution in [0.2, 0.25) is 0 Å².